The third kappa shape index (κ3) is 5.11. The fraction of sp³-hybridized carbons (Fsp3) is 0.385. The van der Waals surface area contributed by atoms with E-state index in [1.54, 1.807) is 23.5 Å². The summed E-state index contributed by atoms with van der Waals surface area (Å²) in [6, 6.07) is 11.5. The lowest BCUT2D eigenvalue weighted by atomic mass is 9.98. The van der Waals surface area contributed by atoms with Crippen LogP contribution in [0.25, 0.3) is 10.1 Å². The van der Waals surface area contributed by atoms with Crippen molar-refractivity contribution in [3.05, 3.63) is 58.7 Å². The van der Waals surface area contributed by atoms with Crippen molar-refractivity contribution >= 4 is 44.9 Å². The zero-order chi connectivity index (χ0) is 24.4. The second kappa shape index (κ2) is 10.2. The minimum Gasteiger partial charge on any atom is -0.438 e. The fourth-order valence-corrected chi connectivity index (χ4v) is 5.67. The molecule has 1 fully saturated rings. The van der Waals surface area contributed by atoms with Crippen molar-refractivity contribution < 1.29 is 23.5 Å². The number of anilines is 2. The number of aryl methyl sites for hydroxylation is 1. The zero-order valence-corrected chi connectivity index (χ0v) is 20.5. The number of hydrogen-bond donors (Lipinski definition) is 0. The molecule has 3 heterocycles. The molecule has 0 saturated carbocycles. The molecule has 7 nitrogen and oxygen atoms in total. The molecule has 0 radical (unpaired) electrons. The van der Waals surface area contributed by atoms with E-state index in [0.717, 1.165) is 71.7 Å². The topological polar surface area (TPSA) is 62.3 Å². The van der Waals surface area contributed by atoms with Gasteiger partial charge in [-0.25, -0.2) is 9.18 Å². The van der Waals surface area contributed by atoms with Crippen LogP contribution < -0.4 is 9.80 Å². The number of halogens is 1. The van der Waals surface area contributed by atoms with E-state index in [4.69, 9.17) is 4.74 Å². The largest absolute Gasteiger partial charge is 0.509 e. The monoisotopic (exact) mass is 497 g/mol. The molecule has 1 amide bonds. The highest BCUT2D eigenvalue weighted by atomic mass is 32.1. The number of ether oxygens (including phenoxy) is 2. The van der Waals surface area contributed by atoms with Crippen molar-refractivity contribution in [2.24, 2.45) is 0 Å². The minimum absolute atomic E-state index is 0.0632. The average molecular weight is 498 g/mol. The molecule has 0 atom stereocenters. The SMILES string of the molecule is COC(=O)OCN1C(=O)CCc2ccc(CCN3CCN(c4cc(F)cc5sccc45)CC3)cc21. The van der Waals surface area contributed by atoms with Gasteiger partial charge in [0.2, 0.25) is 5.91 Å². The van der Waals surface area contributed by atoms with Crippen molar-refractivity contribution in [2.75, 3.05) is 56.4 Å². The number of hydrogen-bond acceptors (Lipinski definition) is 7. The average Bonchev–Trinajstić information content (AvgIpc) is 3.35. The number of carbonyl (C=O) groups is 2. The zero-order valence-electron chi connectivity index (χ0n) is 19.7. The van der Waals surface area contributed by atoms with Crippen LogP contribution in [-0.2, 0) is 27.1 Å². The number of carbonyl (C=O) groups excluding carboxylic acids is 2. The highest BCUT2D eigenvalue weighted by Crippen LogP contribution is 2.33. The third-order valence-corrected chi connectivity index (χ3v) is 7.64. The Morgan fingerprint density at radius 3 is 2.69 bits per heavy atom. The molecule has 0 spiro atoms. The molecule has 5 rings (SSSR count). The molecule has 3 aromatic rings. The number of rotatable bonds is 6. The summed E-state index contributed by atoms with van der Waals surface area (Å²) in [5.41, 5.74) is 3.99. The Labute approximate surface area is 207 Å². The van der Waals surface area contributed by atoms with Gasteiger partial charge >= 0.3 is 6.16 Å². The lowest BCUT2D eigenvalue weighted by molar-refractivity contribution is -0.119. The quantitative estimate of drug-likeness (QED) is 0.470. The van der Waals surface area contributed by atoms with E-state index in [2.05, 4.69) is 32.7 Å². The van der Waals surface area contributed by atoms with Crippen molar-refractivity contribution in [1.82, 2.24) is 4.90 Å². The van der Waals surface area contributed by atoms with Crippen LogP contribution in [0.4, 0.5) is 20.6 Å². The first kappa shape index (κ1) is 23.6. The standard InChI is InChI=1S/C26H28FN3O4S/c1-33-26(32)34-17-30-22-14-18(2-3-19(22)4-5-25(30)31)6-8-28-9-11-29(12-10-28)23-15-20(27)16-24-21(23)7-13-35-24/h2-3,7,13-16H,4-6,8-12,17H2,1H3. The van der Waals surface area contributed by atoms with Gasteiger partial charge in [0.15, 0.2) is 6.73 Å². The lowest BCUT2D eigenvalue weighted by Crippen LogP contribution is -2.47. The van der Waals surface area contributed by atoms with E-state index in [0.29, 0.717) is 12.8 Å². The van der Waals surface area contributed by atoms with Crippen molar-refractivity contribution in [3.63, 3.8) is 0 Å². The Hall–Kier alpha value is -3.17. The van der Waals surface area contributed by atoms with Crippen molar-refractivity contribution in [2.45, 2.75) is 19.3 Å². The molecule has 2 aliphatic heterocycles. The molecular weight excluding hydrogens is 469 g/mol. The molecule has 0 N–H and O–H groups in total. The molecule has 2 aliphatic rings. The smallest absolute Gasteiger partial charge is 0.438 e. The maximum Gasteiger partial charge on any atom is 0.509 e. The van der Waals surface area contributed by atoms with E-state index in [9.17, 15) is 14.0 Å². The highest BCUT2D eigenvalue weighted by molar-refractivity contribution is 7.17. The molecule has 1 aromatic heterocycles. The van der Waals surface area contributed by atoms with Gasteiger partial charge in [0, 0.05) is 54.9 Å². The van der Waals surface area contributed by atoms with Crippen LogP contribution >= 0.6 is 11.3 Å². The van der Waals surface area contributed by atoms with Crippen LogP contribution in [0.5, 0.6) is 0 Å². The molecule has 0 bridgehead atoms. The fourth-order valence-electron chi connectivity index (χ4n) is 4.84. The summed E-state index contributed by atoms with van der Waals surface area (Å²) in [7, 11) is 1.24. The van der Waals surface area contributed by atoms with Crippen LogP contribution in [0.1, 0.15) is 17.5 Å². The van der Waals surface area contributed by atoms with Gasteiger partial charge in [-0.05, 0) is 53.6 Å². The first-order valence-corrected chi connectivity index (χ1v) is 12.7. The van der Waals surface area contributed by atoms with Crippen molar-refractivity contribution in [3.8, 4) is 0 Å². The number of benzene rings is 2. The molecule has 0 aliphatic carbocycles. The van der Waals surface area contributed by atoms with E-state index < -0.39 is 6.16 Å². The summed E-state index contributed by atoms with van der Waals surface area (Å²) < 4.78 is 24.7. The third-order valence-electron chi connectivity index (χ3n) is 6.77. The molecule has 0 unspecified atom stereocenters. The molecule has 9 heteroatoms. The lowest BCUT2D eigenvalue weighted by Gasteiger charge is -2.36. The van der Waals surface area contributed by atoms with Crippen molar-refractivity contribution in [1.29, 1.82) is 0 Å². The van der Waals surface area contributed by atoms with E-state index in [1.165, 1.54) is 12.0 Å². The molecule has 2 aromatic carbocycles. The maximum absolute atomic E-state index is 14.1. The van der Waals surface area contributed by atoms with Crippen LogP contribution in [0.3, 0.4) is 0 Å². The Balaban J connectivity index is 1.20. The summed E-state index contributed by atoms with van der Waals surface area (Å²) in [6.45, 7) is 4.27. The Morgan fingerprint density at radius 1 is 1.06 bits per heavy atom. The Bertz CT molecular complexity index is 1240. The number of fused-ring (bicyclic) bond motifs is 2. The van der Waals surface area contributed by atoms with E-state index in [1.807, 2.05) is 11.4 Å². The van der Waals surface area contributed by atoms with E-state index >= 15 is 0 Å². The molecular formula is C26H28FN3O4S. The second-order valence-electron chi connectivity index (χ2n) is 8.85. The molecule has 35 heavy (non-hydrogen) atoms. The predicted molar refractivity (Wildman–Crippen MR) is 135 cm³/mol. The normalized spacial score (nSPS) is 16.5. The highest BCUT2D eigenvalue weighted by Gasteiger charge is 2.26. The number of methoxy groups -OCH3 is 1. The van der Waals surface area contributed by atoms with Gasteiger partial charge in [-0.2, -0.15) is 0 Å². The molecule has 184 valence electrons. The van der Waals surface area contributed by atoms with Crippen LogP contribution in [0.2, 0.25) is 0 Å². The van der Waals surface area contributed by atoms with Gasteiger partial charge in [0.25, 0.3) is 0 Å². The van der Waals surface area contributed by atoms with Gasteiger partial charge < -0.3 is 14.4 Å². The van der Waals surface area contributed by atoms with Gasteiger partial charge in [0.05, 0.1) is 12.8 Å². The number of piperazine rings is 1. The minimum atomic E-state index is -0.807. The first-order valence-electron chi connectivity index (χ1n) is 11.8. The maximum atomic E-state index is 14.1. The summed E-state index contributed by atoms with van der Waals surface area (Å²) in [5, 5.41) is 3.13. The van der Waals surface area contributed by atoms with Gasteiger partial charge in [-0.15, -0.1) is 11.3 Å². The number of thiophene rings is 1. The second-order valence-corrected chi connectivity index (χ2v) is 9.80. The van der Waals surface area contributed by atoms with Crippen LogP contribution in [-0.4, -0.2) is 63.5 Å². The Morgan fingerprint density at radius 2 is 1.89 bits per heavy atom. The summed E-state index contributed by atoms with van der Waals surface area (Å²) in [5.74, 6) is -0.249. The predicted octanol–water partition coefficient (Wildman–Crippen LogP) is 4.42. The number of nitrogens with zero attached hydrogens (tertiary/aromatic N) is 3. The summed E-state index contributed by atoms with van der Waals surface area (Å²) in [4.78, 5) is 30.1. The first-order chi connectivity index (χ1) is 17.0. The number of amides is 1. The Kier molecular flexibility index (Phi) is 6.88. The van der Waals surface area contributed by atoms with Gasteiger partial charge in [-0.1, -0.05) is 12.1 Å². The summed E-state index contributed by atoms with van der Waals surface area (Å²) in [6.07, 6.45) is 1.12. The molecule has 1 saturated heterocycles. The summed E-state index contributed by atoms with van der Waals surface area (Å²) >= 11 is 1.57. The van der Waals surface area contributed by atoms with Gasteiger partial charge in [0.1, 0.15) is 5.82 Å². The van der Waals surface area contributed by atoms with Crippen LogP contribution in [0.15, 0.2) is 41.8 Å². The van der Waals surface area contributed by atoms with Crippen LogP contribution in [0, 0.1) is 5.82 Å². The van der Waals surface area contributed by atoms with E-state index in [-0.39, 0.29) is 18.5 Å². The van der Waals surface area contributed by atoms with Gasteiger partial charge in [-0.3, -0.25) is 14.6 Å².